The molecule has 4 N–H and O–H groups in total. The second-order valence-electron chi connectivity index (χ2n) is 8.46. The molecule has 1 aromatic carbocycles. The van der Waals surface area contributed by atoms with E-state index in [0.717, 1.165) is 24.2 Å². The van der Waals surface area contributed by atoms with Crippen molar-refractivity contribution in [1.82, 2.24) is 15.1 Å². The zero-order valence-electron chi connectivity index (χ0n) is 19.0. The van der Waals surface area contributed by atoms with Crippen LogP contribution >= 0.6 is 0 Å². The highest BCUT2D eigenvalue weighted by atomic mass is 16.5. The van der Waals surface area contributed by atoms with E-state index in [9.17, 15) is 5.11 Å². The molecule has 0 radical (unpaired) electrons. The highest BCUT2D eigenvalue weighted by Crippen LogP contribution is 2.41. The molecule has 1 fully saturated rings. The van der Waals surface area contributed by atoms with Gasteiger partial charge in [-0.05, 0) is 51.0 Å². The molecule has 10 nitrogen and oxygen atoms in total. The van der Waals surface area contributed by atoms with Gasteiger partial charge in [0.1, 0.15) is 17.3 Å². The predicted octanol–water partition coefficient (Wildman–Crippen LogP) is 2.66. The molecular formula is C24H26N6O4. The molecule has 4 heterocycles. The summed E-state index contributed by atoms with van der Waals surface area (Å²) in [4.78, 5) is 10.4. The van der Waals surface area contributed by atoms with Crippen molar-refractivity contribution in [2.75, 3.05) is 29.2 Å². The van der Waals surface area contributed by atoms with Crippen molar-refractivity contribution in [3.05, 3.63) is 53.5 Å². The van der Waals surface area contributed by atoms with Crippen LogP contribution in [0.2, 0.25) is 0 Å². The van der Waals surface area contributed by atoms with E-state index in [-0.39, 0.29) is 12.1 Å². The van der Waals surface area contributed by atoms with Crippen molar-refractivity contribution in [1.29, 1.82) is 0 Å². The van der Waals surface area contributed by atoms with E-state index >= 15 is 0 Å². The first-order chi connectivity index (χ1) is 16.4. The van der Waals surface area contributed by atoms with Crippen molar-refractivity contribution in [2.24, 2.45) is 0 Å². The van der Waals surface area contributed by atoms with E-state index in [1.54, 1.807) is 32.2 Å². The molecule has 0 spiro atoms. The van der Waals surface area contributed by atoms with Gasteiger partial charge in [0.05, 0.1) is 17.5 Å². The minimum absolute atomic E-state index is 0.0579. The highest BCUT2D eigenvalue weighted by molar-refractivity contribution is 5.82. The number of aryl methyl sites for hydroxylation is 1. The molecule has 0 bridgehead atoms. The lowest BCUT2D eigenvalue weighted by Gasteiger charge is -2.31. The molecule has 1 saturated heterocycles. The van der Waals surface area contributed by atoms with E-state index in [1.165, 1.54) is 0 Å². The molecular weight excluding hydrogens is 436 g/mol. The zero-order chi connectivity index (χ0) is 23.7. The summed E-state index contributed by atoms with van der Waals surface area (Å²) in [5.74, 6) is 7.32. The molecule has 0 amide bonds. The Balaban J connectivity index is 1.47. The lowest BCUT2D eigenvalue weighted by molar-refractivity contribution is -0.0554. The van der Waals surface area contributed by atoms with Gasteiger partial charge < -0.3 is 30.2 Å². The van der Waals surface area contributed by atoms with Crippen LogP contribution in [0.15, 0.2) is 41.1 Å². The number of aromatic nitrogens is 3. The van der Waals surface area contributed by atoms with Crippen LogP contribution in [0.4, 0.5) is 23.1 Å². The number of hydrogen-bond donors (Lipinski definition) is 3. The van der Waals surface area contributed by atoms with Gasteiger partial charge >= 0.3 is 0 Å². The highest BCUT2D eigenvalue weighted by Gasteiger charge is 2.34. The standard InChI is InChI=1S/C24H26N6O4/c1-15-13-20(29-34-15)24(2,31)9-5-16-3-4-18-19(14-16)30(21-6-10-26-22(25)28-21)23(27-18)33-17-7-11-32-12-8-17/h3-4,6,10,13-14,17,23,27,31H,7-8,11-12H2,1-2H3,(H2,25,26,28). The third-order valence-corrected chi connectivity index (χ3v) is 5.74. The SMILES string of the molecule is Cc1cc(C(C)(O)C#Cc2ccc3c(c2)N(c2ccnc(N)n2)C(OC2CCOCC2)N3)no1. The third kappa shape index (κ3) is 4.54. The Bertz CT molecular complexity index is 1240. The second-order valence-corrected chi connectivity index (χ2v) is 8.46. The smallest absolute Gasteiger partial charge is 0.221 e. The number of fused-ring (bicyclic) bond motifs is 1. The van der Waals surface area contributed by atoms with Gasteiger partial charge in [0.15, 0.2) is 5.60 Å². The number of nitrogens with two attached hydrogens (primary N) is 1. The van der Waals surface area contributed by atoms with E-state index in [2.05, 4.69) is 32.3 Å². The molecule has 2 unspecified atom stereocenters. The lowest BCUT2D eigenvalue weighted by atomic mass is 10.0. The minimum atomic E-state index is -1.45. The van der Waals surface area contributed by atoms with Crippen molar-refractivity contribution in [3.63, 3.8) is 0 Å². The fourth-order valence-electron chi connectivity index (χ4n) is 3.94. The lowest BCUT2D eigenvalue weighted by Crippen LogP contribution is -2.40. The number of hydrogen-bond acceptors (Lipinski definition) is 10. The van der Waals surface area contributed by atoms with Gasteiger partial charge in [0.25, 0.3) is 0 Å². The first-order valence-electron chi connectivity index (χ1n) is 11.1. The molecule has 5 rings (SSSR count). The minimum Gasteiger partial charge on any atom is -0.381 e. The van der Waals surface area contributed by atoms with E-state index < -0.39 is 12.0 Å². The molecule has 2 aliphatic heterocycles. The Kier molecular flexibility index (Phi) is 5.83. The van der Waals surface area contributed by atoms with Gasteiger partial charge in [0, 0.05) is 31.0 Å². The molecule has 2 atom stereocenters. The van der Waals surface area contributed by atoms with Crippen LogP contribution < -0.4 is 16.0 Å². The molecule has 0 saturated carbocycles. The first kappa shape index (κ1) is 22.2. The summed E-state index contributed by atoms with van der Waals surface area (Å²) in [5.41, 5.74) is 7.19. The topological polar surface area (TPSA) is 132 Å². The van der Waals surface area contributed by atoms with E-state index in [1.807, 2.05) is 23.1 Å². The average molecular weight is 463 g/mol. The number of nitrogen functional groups attached to an aromatic ring is 1. The number of rotatable bonds is 4. The Hall–Kier alpha value is -3.65. The summed E-state index contributed by atoms with van der Waals surface area (Å²) in [7, 11) is 0. The second kappa shape index (κ2) is 8.95. The first-order valence-corrected chi connectivity index (χ1v) is 11.1. The monoisotopic (exact) mass is 462 g/mol. The van der Waals surface area contributed by atoms with E-state index in [4.69, 9.17) is 19.7 Å². The van der Waals surface area contributed by atoms with Crippen LogP contribution in [0.25, 0.3) is 0 Å². The number of nitrogens with zero attached hydrogens (tertiary/aromatic N) is 4. The van der Waals surface area contributed by atoms with Crippen LogP contribution in [0.5, 0.6) is 0 Å². The number of anilines is 4. The maximum Gasteiger partial charge on any atom is 0.221 e. The maximum absolute atomic E-state index is 10.8. The summed E-state index contributed by atoms with van der Waals surface area (Å²) in [6.07, 6.45) is 2.84. The van der Waals surface area contributed by atoms with Crippen molar-refractivity contribution in [3.8, 4) is 11.8 Å². The van der Waals surface area contributed by atoms with Crippen LogP contribution in [0.3, 0.4) is 0 Å². The largest absolute Gasteiger partial charge is 0.381 e. The number of benzene rings is 1. The van der Waals surface area contributed by atoms with Gasteiger partial charge in [0.2, 0.25) is 12.3 Å². The van der Waals surface area contributed by atoms with Gasteiger partial charge in [-0.25, -0.2) is 4.98 Å². The van der Waals surface area contributed by atoms with Gasteiger partial charge in [-0.1, -0.05) is 17.0 Å². The van der Waals surface area contributed by atoms with Crippen LogP contribution in [-0.2, 0) is 15.1 Å². The molecule has 10 heteroatoms. The summed E-state index contributed by atoms with van der Waals surface area (Å²) >= 11 is 0. The Morgan fingerprint density at radius 2 is 2.09 bits per heavy atom. The summed E-state index contributed by atoms with van der Waals surface area (Å²) in [5, 5.41) is 18.1. The van der Waals surface area contributed by atoms with Crippen LogP contribution in [0, 0.1) is 18.8 Å². The van der Waals surface area contributed by atoms with Crippen LogP contribution in [-0.4, -0.2) is 45.9 Å². The Labute approximate surface area is 197 Å². The summed E-state index contributed by atoms with van der Waals surface area (Å²) in [6, 6.07) is 9.18. The fourth-order valence-corrected chi connectivity index (χ4v) is 3.94. The van der Waals surface area contributed by atoms with Gasteiger partial charge in [-0.3, -0.25) is 4.90 Å². The summed E-state index contributed by atoms with van der Waals surface area (Å²) in [6.45, 7) is 4.70. The van der Waals surface area contributed by atoms with Gasteiger partial charge in [-0.2, -0.15) is 4.98 Å². The molecule has 3 aromatic rings. The van der Waals surface area contributed by atoms with E-state index in [0.29, 0.717) is 36.0 Å². The maximum atomic E-state index is 10.8. The fraction of sp³-hybridized carbons (Fsp3) is 0.375. The molecule has 2 aliphatic rings. The quantitative estimate of drug-likeness (QED) is 0.497. The zero-order valence-corrected chi connectivity index (χ0v) is 19.0. The van der Waals surface area contributed by atoms with Gasteiger partial charge in [-0.15, -0.1) is 0 Å². The Morgan fingerprint density at radius 1 is 1.26 bits per heavy atom. The summed E-state index contributed by atoms with van der Waals surface area (Å²) < 4.78 is 16.9. The van der Waals surface area contributed by atoms with Crippen molar-refractivity contribution >= 4 is 23.1 Å². The average Bonchev–Trinajstić information content (AvgIpc) is 3.42. The molecule has 0 aliphatic carbocycles. The molecule has 176 valence electrons. The third-order valence-electron chi connectivity index (χ3n) is 5.74. The number of nitrogens with one attached hydrogen (secondary N) is 1. The van der Waals surface area contributed by atoms with Crippen LogP contribution in [0.1, 0.15) is 36.8 Å². The van der Waals surface area contributed by atoms with Crippen molar-refractivity contribution < 1.29 is 19.1 Å². The molecule has 34 heavy (non-hydrogen) atoms. The normalized spacial score (nSPS) is 19.6. The predicted molar refractivity (Wildman–Crippen MR) is 125 cm³/mol. The van der Waals surface area contributed by atoms with Crippen molar-refractivity contribution in [2.45, 2.75) is 44.7 Å². The molecule has 2 aromatic heterocycles. The number of ether oxygens (including phenoxy) is 2. The number of aliphatic hydroxyl groups is 1. The Morgan fingerprint density at radius 3 is 2.82 bits per heavy atom.